The zero-order valence-electron chi connectivity index (χ0n) is 13.5. The van der Waals surface area contributed by atoms with E-state index >= 15 is 0 Å². The van der Waals surface area contributed by atoms with Crippen molar-refractivity contribution in [2.24, 2.45) is 0 Å². The average molecular weight is 324 g/mol. The third kappa shape index (κ3) is 5.27. The molecule has 2 rings (SSSR count). The van der Waals surface area contributed by atoms with Gasteiger partial charge in [0.25, 0.3) is 0 Å². The first kappa shape index (κ1) is 17.3. The zero-order valence-corrected chi connectivity index (χ0v) is 14.3. The lowest BCUT2D eigenvalue weighted by Gasteiger charge is -2.34. The fourth-order valence-electron chi connectivity index (χ4n) is 2.60. The number of nitrogens with one attached hydrogen (secondary N) is 1. The minimum Gasteiger partial charge on any atom is -0.353 e. The van der Waals surface area contributed by atoms with Crippen LogP contribution in [-0.4, -0.2) is 54.5 Å². The van der Waals surface area contributed by atoms with E-state index in [9.17, 15) is 4.79 Å². The summed E-state index contributed by atoms with van der Waals surface area (Å²) in [6.45, 7) is 9.31. The molecule has 0 bridgehead atoms. The molecule has 1 aliphatic heterocycles. The van der Waals surface area contributed by atoms with E-state index in [1.807, 2.05) is 25.1 Å². The fraction of sp³-hybridized carbons (Fsp3) is 0.588. The van der Waals surface area contributed by atoms with Crippen molar-refractivity contribution < 1.29 is 4.79 Å². The minimum absolute atomic E-state index is 0.133. The number of benzene rings is 1. The Balaban J connectivity index is 1.74. The molecule has 0 aliphatic carbocycles. The van der Waals surface area contributed by atoms with Gasteiger partial charge >= 0.3 is 0 Å². The molecule has 0 radical (unpaired) electrons. The van der Waals surface area contributed by atoms with E-state index in [0.717, 1.165) is 44.2 Å². The number of nitrogens with zero attached hydrogens (tertiary/aromatic N) is 2. The molecule has 0 spiro atoms. The van der Waals surface area contributed by atoms with Crippen LogP contribution in [0.25, 0.3) is 0 Å². The largest absolute Gasteiger partial charge is 0.353 e. The lowest BCUT2D eigenvalue weighted by atomic mass is 10.2. The first-order valence-corrected chi connectivity index (χ1v) is 8.43. The monoisotopic (exact) mass is 323 g/mol. The number of amides is 1. The van der Waals surface area contributed by atoms with Crippen LogP contribution in [0.15, 0.2) is 24.3 Å². The van der Waals surface area contributed by atoms with Gasteiger partial charge in [0, 0.05) is 43.8 Å². The molecule has 5 heteroatoms. The van der Waals surface area contributed by atoms with Crippen molar-refractivity contribution in [1.29, 1.82) is 0 Å². The number of halogens is 1. The molecule has 4 nitrogen and oxygen atoms in total. The van der Waals surface area contributed by atoms with Gasteiger partial charge in [0.05, 0.1) is 6.54 Å². The third-order valence-corrected chi connectivity index (χ3v) is 4.57. The van der Waals surface area contributed by atoms with E-state index in [1.54, 1.807) is 0 Å². The summed E-state index contributed by atoms with van der Waals surface area (Å²) >= 11 is 6.21. The molecular weight excluding hydrogens is 298 g/mol. The molecule has 1 unspecified atom stereocenters. The molecule has 1 aliphatic rings. The Morgan fingerprint density at radius 1 is 1.23 bits per heavy atom. The second kappa shape index (κ2) is 8.51. The van der Waals surface area contributed by atoms with Crippen LogP contribution in [0.1, 0.15) is 25.8 Å². The molecule has 22 heavy (non-hydrogen) atoms. The smallest absolute Gasteiger partial charge is 0.234 e. The molecule has 1 heterocycles. The second-order valence-corrected chi connectivity index (χ2v) is 6.43. The van der Waals surface area contributed by atoms with E-state index in [0.29, 0.717) is 6.54 Å². The van der Waals surface area contributed by atoms with Crippen LogP contribution in [0.4, 0.5) is 0 Å². The highest BCUT2D eigenvalue weighted by molar-refractivity contribution is 6.31. The first-order chi connectivity index (χ1) is 10.6. The summed E-state index contributed by atoms with van der Waals surface area (Å²) in [5.74, 6) is 0.133. The van der Waals surface area contributed by atoms with Crippen LogP contribution in [-0.2, 0) is 11.3 Å². The van der Waals surface area contributed by atoms with Gasteiger partial charge in [-0.15, -0.1) is 0 Å². The molecule has 1 aromatic carbocycles. The van der Waals surface area contributed by atoms with E-state index in [-0.39, 0.29) is 11.9 Å². The highest BCUT2D eigenvalue weighted by Gasteiger charge is 2.19. The Hall–Kier alpha value is -1.10. The molecule has 1 amide bonds. The minimum atomic E-state index is 0.133. The SMILES string of the molecule is CCC(C)NC(=O)CN1CCN(Cc2ccccc2Cl)CC1. The van der Waals surface area contributed by atoms with E-state index in [4.69, 9.17) is 11.6 Å². The molecule has 0 aromatic heterocycles. The number of hydrogen-bond donors (Lipinski definition) is 1. The van der Waals surface area contributed by atoms with Gasteiger partial charge in [0.2, 0.25) is 5.91 Å². The van der Waals surface area contributed by atoms with Crippen molar-refractivity contribution in [3.63, 3.8) is 0 Å². The fourth-order valence-corrected chi connectivity index (χ4v) is 2.79. The average Bonchev–Trinajstić information content (AvgIpc) is 2.51. The van der Waals surface area contributed by atoms with Gasteiger partial charge in [-0.25, -0.2) is 0 Å². The van der Waals surface area contributed by atoms with Crippen molar-refractivity contribution in [1.82, 2.24) is 15.1 Å². The van der Waals surface area contributed by atoms with Gasteiger partial charge in [-0.1, -0.05) is 36.7 Å². The zero-order chi connectivity index (χ0) is 15.9. The maximum absolute atomic E-state index is 11.9. The van der Waals surface area contributed by atoms with Crippen LogP contribution >= 0.6 is 11.6 Å². The molecule has 1 N–H and O–H groups in total. The maximum Gasteiger partial charge on any atom is 0.234 e. The third-order valence-electron chi connectivity index (χ3n) is 4.20. The quantitative estimate of drug-likeness (QED) is 0.873. The summed E-state index contributed by atoms with van der Waals surface area (Å²) in [5.41, 5.74) is 1.17. The summed E-state index contributed by atoms with van der Waals surface area (Å²) in [7, 11) is 0. The van der Waals surface area contributed by atoms with Crippen molar-refractivity contribution in [2.75, 3.05) is 32.7 Å². The molecule has 0 saturated carbocycles. The standard InChI is InChI=1S/C17H26ClN3O/c1-3-14(2)19-17(22)13-21-10-8-20(9-11-21)12-15-6-4-5-7-16(15)18/h4-7,14H,3,8-13H2,1-2H3,(H,19,22). The van der Waals surface area contributed by atoms with Gasteiger partial charge in [-0.3, -0.25) is 14.6 Å². The van der Waals surface area contributed by atoms with Gasteiger partial charge in [0.15, 0.2) is 0 Å². The lowest BCUT2D eigenvalue weighted by Crippen LogP contribution is -2.49. The maximum atomic E-state index is 11.9. The summed E-state index contributed by atoms with van der Waals surface area (Å²) in [6.07, 6.45) is 0.970. The Kier molecular flexibility index (Phi) is 6.68. The second-order valence-electron chi connectivity index (χ2n) is 6.02. The normalized spacial score (nSPS) is 18.1. The molecule has 1 saturated heterocycles. The molecular formula is C17H26ClN3O. The highest BCUT2D eigenvalue weighted by Crippen LogP contribution is 2.17. The predicted octanol–water partition coefficient (Wildman–Crippen LogP) is 2.37. The Morgan fingerprint density at radius 2 is 1.86 bits per heavy atom. The molecule has 1 fully saturated rings. The highest BCUT2D eigenvalue weighted by atomic mass is 35.5. The Labute approximate surface area is 138 Å². The number of piperazine rings is 1. The predicted molar refractivity (Wildman–Crippen MR) is 91.1 cm³/mol. The van der Waals surface area contributed by atoms with Crippen LogP contribution < -0.4 is 5.32 Å². The summed E-state index contributed by atoms with van der Waals surface area (Å²) in [6, 6.07) is 8.26. The van der Waals surface area contributed by atoms with Crippen molar-refractivity contribution in [3.05, 3.63) is 34.9 Å². The van der Waals surface area contributed by atoms with Crippen molar-refractivity contribution >= 4 is 17.5 Å². The lowest BCUT2D eigenvalue weighted by molar-refractivity contribution is -0.123. The van der Waals surface area contributed by atoms with Crippen LogP contribution in [0, 0.1) is 0 Å². The van der Waals surface area contributed by atoms with Crippen LogP contribution in [0.5, 0.6) is 0 Å². The van der Waals surface area contributed by atoms with Crippen LogP contribution in [0.2, 0.25) is 5.02 Å². The van der Waals surface area contributed by atoms with Gasteiger partial charge < -0.3 is 5.32 Å². The Morgan fingerprint density at radius 3 is 2.50 bits per heavy atom. The number of carbonyl (C=O) groups is 1. The Bertz CT molecular complexity index is 487. The van der Waals surface area contributed by atoms with Gasteiger partial charge in [-0.2, -0.15) is 0 Å². The number of carbonyl (C=O) groups excluding carboxylic acids is 1. The van der Waals surface area contributed by atoms with Gasteiger partial charge in [0.1, 0.15) is 0 Å². The topological polar surface area (TPSA) is 35.6 Å². The molecule has 1 aromatic rings. The molecule has 122 valence electrons. The van der Waals surface area contributed by atoms with E-state index in [1.165, 1.54) is 5.56 Å². The first-order valence-electron chi connectivity index (χ1n) is 8.06. The summed E-state index contributed by atoms with van der Waals surface area (Å²) < 4.78 is 0. The number of hydrogen-bond acceptors (Lipinski definition) is 3. The van der Waals surface area contributed by atoms with Gasteiger partial charge in [-0.05, 0) is 25.0 Å². The summed E-state index contributed by atoms with van der Waals surface area (Å²) in [4.78, 5) is 16.5. The number of rotatable bonds is 6. The van der Waals surface area contributed by atoms with Crippen LogP contribution in [0.3, 0.4) is 0 Å². The van der Waals surface area contributed by atoms with E-state index in [2.05, 4.69) is 28.1 Å². The summed E-state index contributed by atoms with van der Waals surface area (Å²) in [5, 5.41) is 3.86. The van der Waals surface area contributed by atoms with Crippen molar-refractivity contribution in [3.8, 4) is 0 Å². The van der Waals surface area contributed by atoms with E-state index < -0.39 is 0 Å². The van der Waals surface area contributed by atoms with Crippen molar-refractivity contribution in [2.45, 2.75) is 32.9 Å². The molecule has 1 atom stereocenters.